The number of amides is 5. The Balaban J connectivity index is 0.806. The number of carbonyl (C=O) groups excluding carboxylic acids is 4. The number of fused-ring (bicyclic) bond motifs is 2. The molecular weight excluding hydrogens is 827 g/mol. The highest BCUT2D eigenvalue weighted by molar-refractivity contribution is 6.06. The van der Waals surface area contributed by atoms with E-state index in [4.69, 9.17) is 5.10 Å². The molecule has 0 radical (unpaired) electrons. The number of likely N-dealkylation sites (tertiary alicyclic amines) is 2. The average Bonchev–Trinajstić information content (AvgIpc) is 3.84. The zero-order chi connectivity index (χ0) is 44.5. The summed E-state index contributed by atoms with van der Waals surface area (Å²) in [4.78, 5) is 55.9. The summed E-state index contributed by atoms with van der Waals surface area (Å²) < 4.78 is 65.1. The van der Waals surface area contributed by atoms with Crippen LogP contribution in [0.1, 0.15) is 67.2 Å². The predicted octanol–water partition coefficient (Wildman–Crippen LogP) is 4.77. The summed E-state index contributed by atoms with van der Waals surface area (Å²) in [6.45, 7) is 3.35. The number of hydrogen-bond acceptors (Lipinski definition) is 10. The molecule has 0 unspecified atom stereocenters. The number of nitrogens with one attached hydrogen (secondary N) is 2. The number of carbonyl (C=O) groups is 4. The zero-order valence-corrected chi connectivity index (χ0v) is 34.3. The summed E-state index contributed by atoms with van der Waals surface area (Å²) in [5.41, 5.74) is 0.771. The van der Waals surface area contributed by atoms with Crippen molar-refractivity contribution in [2.75, 3.05) is 60.9 Å². The van der Waals surface area contributed by atoms with Gasteiger partial charge in [0.2, 0.25) is 11.8 Å². The minimum Gasteiger partial charge on any atom is -0.386 e. The van der Waals surface area contributed by atoms with Crippen molar-refractivity contribution in [1.82, 2.24) is 34.5 Å². The first-order valence-electron chi connectivity index (χ1n) is 20.7. The van der Waals surface area contributed by atoms with Crippen molar-refractivity contribution >= 4 is 57.2 Å². The molecule has 5 aromatic rings. The van der Waals surface area contributed by atoms with Crippen LogP contribution >= 0.6 is 0 Å². The molecule has 4 fully saturated rings. The maximum Gasteiger partial charge on any atom is 0.328 e. The van der Waals surface area contributed by atoms with Gasteiger partial charge in [0.1, 0.15) is 17.5 Å². The van der Waals surface area contributed by atoms with E-state index in [0.717, 1.165) is 17.0 Å². The van der Waals surface area contributed by atoms with Crippen molar-refractivity contribution in [1.29, 1.82) is 5.26 Å². The molecular formula is C43H43F4N11O5. The Morgan fingerprint density at radius 3 is 2.40 bits per heavy atom. The lowest BCUT2D eigenvalue weighted by Gasteiger charge is -2.48. The number of piperidine rings is 2. The first-order valence-corrected chi connectivity index (χ1v) is 20.7. The predicted molar refractivity (Wildman–Crippen MR) is 220 cm³/mol. The van der Waals surface area contributed by atoms with Crippen LogP contribution in [0.3, 0.4) is 0 Å². The minimum absolute atomic E-state index is 0.0727. The van der Waals surface area contributed by atoms with Crippen LogP contribution in [0.4, 0.5) is 39.4 Å². The molecule has 0 spiro atoms. The number of nitrogens with zero attached hydrogens (tertiary/aromatic N) is 9. The van der Waals surface area contributed by atoms with Gasteiger partial charge in [-0.3, -0.25) is 34.2 Å². The molecule has 4 aliphatic rings. The van der Waals surface area contributed by atoms with Gasteiger partial charge in [-0.05, 0) is 75.6 Å². The molecule has 3 N–H and O–H groups in total. The zero-order valence-electron chi connectivity index (χ0n) is 34.3. The lowest BCUT2D eigenvalue weighted by atomic mass is 9.92. The molecule has 0 bridgehead atoms. The van der Waals surface area contributed by atoms with Gasteiger partial charge in [-0.15, -0.1) is 0 Å². The maximum absolute atomic E-state index is 15.9. The number of aromatic nitrogens is 4. The monoisotopic (exact) mass is 869 g/mol. The number of imide groups is 1. The molecule has 3 aromatic heterocycles. The van der Waals surface area contributed by atoms with Crippen LogP contribution in [0.5, 0.6) is 0 Å². The number of rotatable bonds is 8. The lowest BCUT2D eigenvalue weighted by molar-refractivity contribution is -0.160. The third kappa shape index (κ3) is 7.79. The SMILES string of the molecule is CC(C)(O)c1cc2nn(C3CCN([C@@H]4CCN(C(=O)C5CN(c6cc(F)c(N7CCC(=O)NC7=O)c(F)c6)C5)CC4(F)F)CC3)cc2cc1NC(=O)c1ccc2cc(C#N)cnn12. The van der Waals surface area contributed by atoms with Gasteiger partial charge in [0.05, 0.1) is 52.9 Å². The van der Waals surface area contributed by atoms with Gasteiger partial charge in [-0.25, -0.2) is 26.9 Å². The van der Waals surface area contributed by atoms with E-state index >= 15 is 17.6 Å². The highest BCUT2D eigenvalue weighted by Gasteiger charge is 2.50. The first-order chi connectivity index (χ1) is 30.0. The number of benzene rings is 2. The van der Waals surface area contributed by atoms with E-state index in [1.54, 1.807) is 54.0 Å². The number of halogens is 4. The Hall–Kier alpha value is -6.59. The van der Waals surface area contributed by atoms with Crippen LogP contribution in [0.25, 0.3) is 16.4 Å². The van der Waals surface area contributed by atoms with Crippen molar-refractivity contribution in [2.24, 2.45) is 5.92 Å². The van der Waals surface area contributed by atoms with Gasteiger partial charge in [0.25, 0.3) is 11.8 Å². The van der Waals surface area contributed by atoms with Gasteiger partial charge < -0.3 is 20.2 Å². The average molecular weight is 870 g/mol. The Morgan fingerprint density at radius 1 is 1.00 bits per heavy atom. The summed E-state index contributed by atoms with van der Waals surface area (Å²) in [6, 6.07) is 10.4. The van der Waals surface area contributed by atoms with E-state index in [-0.39, 0.29) is 56.4 Å². The fraction of sp³-hybridized carbons (Fsp3) is 0.419. The fourth-order valence-electron chi connectivity index (χ4n) is 9.21. The molecule has 20 heteroatoms. The van der Waals surface area contributed by atoms with E-state index in [1.807, 2.05) is 22.3 Å². The third-order valence-corrected chi connectivity index (χ3v) is 12.5. The second-order valence-corrected chi connectivity index (χ2v) is 17.2. The Bertz CT molecular complexity index is 2710. The lowest BCUT2D eigenvalue weighted by Crippen LogP contribution is -2.63. The van der Waals surface area contributed by atoms with Crippen LogP contribution in [0, 0.1) is 28.9 Å². The van der Waals surface area contributed by atoms with Crippen molar-refractivity contribution < 1.29 is 41.8 Å². The molecule has 7 heterocycles. The Labute approximate surface area is 357 Å². The van der Waals surface area contributed by atoms with Crippen molar-refractivity contribution in [2.45, 2.75) is 63.1 Å². The Morgan fingerprint density at radius 2 is 1.73 bits per heavy atom. The minimum atomic E-state index is -3.19. The molecule has 0 saturated carbocycles. The standard InChI is InChI=1S/C43H43F4N11O5/c1-42(2,63)30-17-33-25(14-34(30)50-39(60)35-4-3-28-13-24(18-48)19-49-58(28)35)22-57(52-33)27-5-9-53(10-6-27)36-7-11-54(23-43(36,46)47)40(61)26-20-55(21-26)29-15-31(44)38(32(45)16-29)56-12-8-37(59)51-41(56)62/h3-4,13-17,19,22,26-27,36,63H,5-12,20-21,23H2,1-2H3,(H,50,60)(H,51,59,62)/t36-/m1/s1. The largest absolute Gasteiger partial charge is 0.386 e. The van der Waals surface area contributed by atoms with Gasteiger partial charge in [-0.2, -0.15) is 15.5 Å². The van der Waals surface area contributed by atoms with E-state index in [9.17, 15) is 29.5 Å². The number of nitriles is 1. The molecule has 1 atom stereocenters. The highest BCUT2D eigenvalue weighted by Crippen LogP contribution is 2.39. The van der Waals surface area contributed by atoms with Crippen LogP contribution in [-0.4, -0.2) is 116 Å². The quantitative estimate of drug-likeness (QED) is 0.184. The van der Waals surface area contributed by atoms with Crippen molar-refractivity contribution in [3.63, 3.8) is 0 Å². The van der Waals surface area contributed by atoms with Gasteiger partial charge in [-0.1, -0.05) is 0 Å². The number of alkyl halides is 2. The molecule has 5 amide bonds. The van der Waals surface area contributed by atoms with Gasteiger partial charge >= 0.3 is 6.03 Å². The molecule has 4 aliphatic heterocycles. The summed E-state index contributed by atoms with van der Waals surface area (Å²) >= 11 is 0. The second kappa shape index (κ2) is 15.6. The van der Waals surface area contributed by atoms with E-state index in [1.165, 1.54) is 15.6 Å². The third-order valence-electron chi connectivity index (χ3n) is 12.5. The van der Waals surface area contributed by atoms with Crippen LogP contribution in [0.15, 0.2) is 54.9 Å². The van der Waals surface area contributed by atoms with Gasteiger partial charge in [0.15, 0.2) is 11.6 Å². The second-order valence-electron chi connectivity index (χ2n) is 17.2. The van der Waals surface area contributed by atoms with E-state index in [2.05, 4.69) is 10.4 Å². The normalized spacial score (nSPS) is 20.2. The number of hydrogen-bond donors (Lipinski definition) is 3. The highest BCUT2D eigenvalue weighted by atomic mass is 19.3. The van der Waals surface area contributed by atoms with E-state index < -0.39 is 71.1 Å². The van der Waals surface area contributed by atoms with Gasteiger partial charge in [0, 0.05) is 74.2 Å². The number of aliphatic hydroxyl groups is 1. The maximum atomic E-state index is 15.9. The molecule has 0 aliphatic carbocycles. The smallest absolute Gasteiger partial charge is 0.328 e. The van der Waals surface area contributed by atoms with Crippen LogP contribution in [-0.2, 0) is 15.2 Å². The summed E-state index contributed by atoms with van der Waals surface area (Å²) in [6.07, 6.45) is 4.26. The molecule has 2 aromatic carbocycles. The topological polar surface area (TPSA) is 184 Å². The van der Waals surface area contributed by atoms with Crippen LogP contribution in [0.2, 0.25) is 0 Å². The van der Waals surface area contributed by atoms with Crippen molar-refractivity contribution in [3.8, 4) is 6.07 Å². The van der Waals surface area contributed by atoms with Crippen molar-refractivity contribution in [3.05, 3.63) is 83.3 Å². The first kappa shape index (κ1) is 41.7. The van der Waals surface area contributed by atoms with Crippen LogP contribution < -0.4 is 20.4 Å². The summed E-state index contributed by atoms with van der Waals surface area (Å²) in [5.74, 6) is -7.29. The number of urea groups is 1. The van der Waals surface area contributed by atoms with E-state index in [0.29, 0.717) is 59.2 Å². The molecule has 63 heavy (non-hydrogen) atoms. The summed E-state index contributed by atoms with van der Waals surface area (Å²) in [7, 11) is 0. The molecule has 4 saturated heterocycles. The molecule has 16 nitrogen and oxygen atoms in total. The summed E-state index contributed by atoms with van der Waals surface area (Å²) in [5, 5.41) is 35.0. The molecule has 328 valence electrons. The fourth-order valence-corrected chi connectivity index (χ4v) is 9.21. The number of anilines is 3. The Kier molecular flexibility index (Phi) is 10.4. The molecule has 9 rings (SSSR count).